The molecule has 0 bridgehead atoms. The number of carbonyl (C=O) groups excluding carboxylic acids is 1. The molecule has 20 heavy (non-hydrogen) atoms. The van der Waals surface area contributed by atoms with Crippen molar-refractivity contribution in [3.63, 3.8) is 0 Å². The van der Waals surface area contributed by atoms with Crippen LogP contribution in [-0.4, -0.2) is 17.0 Å². The SMILES string of the molecule is CCCCCCCCCC(O)C1=C(C)C(=O)CC1(C)C. The predicted octanol–water partition coefficient (Wildman–Crippen LogP) is 4.80. The topological polar surface area (TPSA) is 37.3 Å². The fraction of sp³-hybridized carbons (Fsp3) is 0.833. The van der Waals surface area contributed by atoms with E-state index in [0.29, 0.717) is 6.42 Å². The van der Waals surface area contributed by atoms with E-state index < -0.39 is 6.10 Å². The summed E-state index contributed by atoms with van der Waals surface area (Å²) in [4.78, 5) is 11.8. The molecule has 2 nitrogen and oxygen atoms in total. The van der Waals surface area contributed by atoms with Gasteiger partial charge in [0.05, 0.1) is 6.10 Å². The van der Waals surface area contributed by atoms with Gasteiger partial charge in [-0.25, -0.2) is 0 Å². The van der Waals surface area contributed by atoms with Gasteiger partial charge in [-0.05, 0) is 29.9 Å². The molecule has 1 rings (SSSR count). The fourth-order valence-corrected chi connectivity index (χ4v) is 3.43. The number of unbranched alkanes of at least 4 members (excludes halogenated alkanes) is 6. The van der Waals surface area contributed by atoms with Crippen molar-refractivity contribution < 1.29 is 9.90 Å². The van der Waals surface area contributed by atoms with Crippen LogP contribution in [0.5, 0.6) is 0 Å². The van der Waals surface area contributed by atoms with Crippen molar-refractivity contribution in [2.24, 2.45) is 5.41 Å². The zero-order chi connectivity index (χ0) is 15.2. The lowest BCUT2D eigenvalue weighted by Gasteiger charge is -2.26. The lowest BCUT2D eigenvalue weighted by molar-refractivity contribution is -0.115. The maximum atomic E-state index is 11.8. The molecule has 116 valence electrons. The van der Waals surface area contributed by atoms with E-state index in [4.69, 9.17) is 0 Å². The zero-order valence-corrected chi connectivity index (χ0v) is 13.8. The van der Waals surface area contributed by atoms with Gasteiger partial charge in [-0.3, -0.25) is 4.79 Å². The van der Waals surface area contributed by atoms with Crippen LogP contribution in [-0.2, 0) is 4.79 Å². The maximum Gasteiger partial charge on any atom is 0.159 e. The number of aliphatic hydroxyl groups excluding tert-OH is 1. The number of hydrogen-bond donors (Lipinski definition) is 1. The average molecular weight is 280 g/mol. The Balaban J connectivity index is 2.32. The van der Waals surface area contributed by atoms with Crippen LogP contribution in [0.1, 0.15) is 85.5 Å². The highest BCUT2D eigenvalue weighted by Crippen LogP contribution is 2.42. The molecule has 1 aliphatic carbocycles. The van der Waals surface area contributed by atoms with Crippen molar-refractivity contribution in [1.29, 1.82) is 0 Å². The van der Waals surface area contributed by atoms with Crippen molar-refractivity contribution in [3.8, 4) is 0 Å². The molecule has 1 N–H and O–H groups in total. The Hall–Kier alpha value is -0.630. The number of allylic oxidation sites excluding steroid dienone is 1. The first-order valence-corrected chi connectivity index (χ1v) is 8.32. The van der Waals surface area contributed by atoms with Gasteiger partial charge in [0.15, 0.2) is 5.78 Å². The Kier molecular flexibility index (Phi) is 6.94. The Morgan fingerprint density at radius 2 is 1.65 bits per heavy atom. The summed E-state index contributed by atoms with van der Waals surface area (Å²) in [6.07, 6.45) is 9.75. The minimum absolute atomic E-state index is 0.151. The molecule has 0 aromatic carbocycles. The molecule has 0 aromatic rings. The van der Waals surface area contributed by atoms with Gasteiger partial charge in [0, 0.05) is 6.42 Å². The van der Waals surface area contributed by atoms with Gasteiger partial charge >= 0.3 is 0 Å². The zero-order valence-electron chi connectivity index (χ0n) is 13.8. The van der Waals surface area contributed by atoms with Crippen LogP contribution in [0.25, 0.3) is 0 Å². The third-order valence-electron chi connectivity index (χ3n) is 4.57. The van der Waals surface area contributed by atoms with Crippen LogP contribution < -0.4 is 0 Å². The molecule has 0 saturated heterocycles. The minimum atomic E-state index is -0.424. The average Bonchev–Trinajstić information content (AvgIpc) is 2.57. The summed E-state index contributed by atoms with van der Waals surface area (Å²) < 4.78 is 0. The molecule has 0 amide bonds. The summed E-state index contributed by atoms with van der Waals surface area (Å²) >= 11 is 0. The smallest absolute Gasteiger partial charge is 0.159 e. The van der Waals surface area contributed by atoms with E-state index in [1.54, 1.807) is 0 Å². The lowest BCUT2D eigenvalue weighted by Crippen LogP contribution is -2.22. The summed E-state index contributed by atoms with van der Waals surface area (Å²) in [5.74, 6) is 0.212. The fourth-order valence-electron chi connectivity index (χ4n) is 3.43. The summed E-state index contributed by atoms with van der Waals surface area (Å²) in [7, 11) is 0. The van der Waals surface area contributed by atoms with Crippen molar-refractivity contribution in [2.75, 3.05) is 0 Å². The Morgan fingerprint density at radius 1 is 1.10 bits per heavy atom. The van der Waals surface area contributed by atoms with Crippen LogP contribution >= 0.6 is 0 Å². The van der Waals surface area contributed by atoms with Gasteiger partial charge in [0.1, 0.15) is 0 Å². The number of hydrogen-bond acceptors (Lipinski definition) is 2. The lowest BCUT2D eigenvalue weighted by atomic mass is 9.81. The van der Waals surface area contributed by atoms with E-state index in [2.05, 4.69) is 20.8 Å². The van der Waals surface area contributed by atoms with Gasteiger partial charge in [0.2, 0.25) is 0 Å². The molecule has 0 aliphatic heterocycles. The second-order valence-electron chi connectivity index (χ2n) is 6.95. The van der Waals surface area contributed by atoms with Crippen LogP contribution in [0.15, 0.2) is 11.1 Å². The number of aliphatic hydroxyl groups is 1. The van der Waals surface area contributed by atoms with E-state index >= 15 is 0 Å². The Labute approximate surface area is 124 Å². The summed E-state index contributed by atoms with van der Waals surface area (Å²) in [6.45, 7) is 8.26. The molecule has 0 fully saturated rings. The first-order chi connectivity index (χ1) is 9.40. The van der Waals surface area contributed by atoms with Crippen molar-refractivity contribution in [2.45, 2.75) is 91.6 Å². The minimum Gasteiger partial charge on any atom is -0.389 e. The van der Waals surface area contributed by atoms with E-state index in [0.717, 1.165) is 24.0 Å². The molecule has 0 heterocycles. The van der Waals surface area contributed by atoms with E-state index in [9.17, 15) is 9.90 Å². The van der Waals surface area contributed by atoms with Crippen LogP contribution in [0.4, 0.5) is 0 Å². The van der Waals surface area contributed by atoms with Crippen LogP contribution in [0.2, 0.25) is 0 Å². The first kappa shape index (κ1) is 17.4. The molecular formula is C18H32O2. The standard InChI is InChI=1S/C18H32O2/c1-5-6-7-8-9-10-11-12-15(19)17-14(2)16(20)13-18(17,3)4/h15,19H,5-13H2,1-4H3. The van der Waals surface area contributed by atoms with Gasteiger partial charge < -0.3 is 5.11 Å². The second-order valence-corrected chi connectivity index (χ2v) is 6.95. The van der Waals surface area contributed by atoms with E-state index in [1.807, 2.05) is 6.92 Å². The van der Waals surface area contributed by atoms with E-state index in [-0.39, 0.29) is 11.2 Å². The predicted molar refractivity (Wildman–Crippen MR) is 84.7 cm³/mol. The maximum absolute atomic E-state index is 11.8. The summed E-state index contributed by atoms with van der Waals surface area (Å²) in [5.41, 5.74) is 1.65. The number of Topliss-reactive ketones (excluding diaryl/α,β-unsaturated/α-hetero) is 1. The largest absolute Gasteiger partial charge is 0.389 e. The molecular weight excluding hydrogens is 248 g/mol. The molecule has 0 aromatic heterocycles. The van der Waals surface area contributed by atoms with Gasteiger partial charge in [-0.15, -0.1) is 0 Å². The molecule has 2 heteroatoms. The number of carbonyl (C=O) groups is 1. The highest BCUT2D eigenvalue weighted by Gasteiger charge is 2.39. The normalized spacial score (nSPS) is 19.8. The summed E-state index contributed by atoms with van der Waals surface area (Å²) in [6, 6.07) is 0. The van der Waals surface area contributed by atoms with Crippen LogP contribution in [0.3, 0.4) is 0 Å². The number of rotatable bonds is 9. The molecule has 0 spiro atoms. The van der Waals surface area contributed by atoms with Gasteiger partial charge in [0.25, 0.3) is 0 Å². The molecule has 1 unspecified atom stereocenters. The quantitative estimate of drug-likeness (QED) is 0.616. The monoisotopic (exact) mass is 280 g/mol. The van der Waals surface area contributed by atoms with Crippen molar-refractivity contribution in [3.05, 3.63) is 11.1 Å². The van der Waals surface area contributed by atoms with Crippen LogP contribution in [0, 0.1) is 5.41 Å². The molecule has 0 saturated carbocycles. The third-order valence-corrected chi connectivity index (χ3v) is 4.57. The highest BCUT2D eigenvalue weighted by atomic mass is 16.3. The molecule has 1 atom stereocenters. The summed E-state index contributed by atoms with van der Waals surface area (Å²) in [5, 5.41) is 10.4. The molecule has 0 radical (unpaired) electrons. The second kappa shape index (κ2) is 7.97. The first-order valence-electron chi connectivity index (χ1n) is 8.32. The third kappa shape index (κ3) is 4.73. The van der Waals surface area contributed by atoms with Crippen molar-refractivity contribution >= 4 is 5.78 Å². The number of ketones is 1. The van der Waals surface area contributed by atoms with Gasteiger partial charge in [-0.1, -0.05) is 65.7 Å². The highest BCUT2D eigenvalue weighted by molar-refractivity contribution is 5.99. The van der Waals surface area contributed by atoms with Gasteiger partial charge in [-0.2, -0.15) is 0 Å². The Morgan fingerprint density at radius 3 is 2.15 bits per heavy atom. The molecule has 1 aliphatic rings. The van der Waals surface area contributed by atoms with E-state index in [1.165, 1.54) is 38.5 Å². The van der Waals surface area contributed by atoms with Crippen molar-refractivity contribution in [1.82, 2.24) is 0 Å². The Bertz CT molecular complexity index is 352.